The van der Waals surface area contributed by atoms with Gasteiger partial charge in [-0.25, -0.2) is 18.4 Å². The molecule has 1 aromatic rings. The summed E-state index contributed by atoms with van der Waals surface area (Å²) in [6, 6.07) is 5.45. The Morgan fingerprint density at radius 3 is 2.30 bits per heavy atom. The summed E-state index contributed by atoms with van der Waals surface area (Å²) in [7, 11) is 0. The lowest BCUT2D eigenvalue weighted by molar-refractivity contribution is 0.0142. The number of benzene rings is 1. The molecule has 20 heavy (non-hydrogen) atoms. The molecule has 0 aliphatic rings. The van der Waals surface area contributed by atoms with Crippen LogP contribution >= 0.6 is 0 Å². The second kappa shape index (κ2) is 6.83. The SMILES string of the molecule is CC(F)(F)CCNC(=O)NCc1ccc(C(=O)O)cc1. The monoisotopic (exact) mass is 286 g/mol. The fourth-order valence-electron chi connectivity index (χ4n) is 1.41. The van der Waals surface area contributed by atoms with Crippen molar-refractivity contribution in [3.05, 3.63) is 35.4 Å². The first-order valence-corrected chi connectivity index (χ1v) is 6.00. The van der Waals surface area contributed by atoms with E-state index in [4.69, 9.17) is 5.11 Å². The lowest BCUT2D eigenvalue weighted by Gasteiger charge is -2.11. The van der Waals surface area contributed by atoms with Crippen LogP contribution in [-0.2, 0) is 6.54 Å². The van der Waals surface area contributed by atoms with Crippen molar-refractivity contribution in [3.8, 4) is 0 Å². The van der Waals surface area contributed by atoms with Gasteiger partial charge in [0.15, 0.2) is 0 Å². The van der Waals surface area contributed by atoms with Gasteiger partial charge in [0.2, 0.25) is 5.92 Å². The average Bonchev–Trinajstić information content (AvgIpc) is 2.35. The molecule has 0 radical (unpaired) electrons. The van der Waals surface area contributed by atoms with Gasteiger partial charge in [0.25, 0.3) is 0 Å². The number of hydrogen-bond donors (Lipinski definition) is 3. The first-order valence-electron chi connectivity index (χ1n) is 6.00. The largest absolute Gasteiger partial charge is 0.478 e. The van der Waals surface area contributed by atoms with Gasteiger partial charge in [-0.05, 0) is 24.6 Å². The van der Waals surface area contributed by atoms with Crippen LogP contribution in [0.5, 0.6) is 0 Å². The highest BCUT2D eigenvalue weighted by atomic mass is 19.3. The first kappa shape index (κ1) is 15.9. The van der Waals surface area contributed by atoms with Crippen molar-refractivity contribution in [2.45, 2.75) is 25.8 Å². The third-order valence-electron chi connectivity index (χ3n) is 2.50. The Labute approximate surface area is 115 Å². The Morgan fingerprint density at radius 2 is 1.80 bits per heavy atom. The molecule has 1 rings (SSSR count). The van der Waals surface area contributed by atoms with Crippen molar-refractivity contribution in [2.75, 3.05) is 6.54 Å². The summed E-state index contributed by atoms with van der Waals surface area (Å²) >= 11 is 0. The van der Waals surface area contributed by atoms with Gasteiger partial charge in [-0.2, -0.15) is 0 Å². The number of hydrogen-bond acceptors (Lipinski definition) is 2. The zero-order valence-corrected chi connectivity index (χ0v) is 11.0. The molecule has 1 aromatic carbocycles. The Kier molecular flexibility index (Phi) is 5.42. The van der Waals surface area contributed by atoms with Gasteiger partial charge in [0.1, 0.15) is 0 Å². The topological polar surface area (TPSA) is 78.4 Å². The van der Waals surface area contributed by atoms with E-state index in [1.807, 2.05) is 0 Å². The van der Waals surface area contributed by atoms with E-state index in [2.05, 4.69) is 10.6 Å². The number of nitrogens with one attached hydrogen (secondary N) is 2. The molecule has 0 atom stereocenters. The predicted molar refractivity (Wildman–Crippen MR) is 68.9 cm³/mol. The van der Waals surface area contributed by atoms with Crippen LogP contribution in [0.4, 0.5) is 13.6 Å². The molecule has 0 unspecified atom stereocenters. The number of carboxylic acid groups (broad SMARTS) is 1. The fraction of sp³-hybridized carbons (Fsp3) is 0.385. The molecular formula is C13H16F2N2O3. The summed E-state index contributed by atoms with van der Waals surface area (Å²) in [5, 5.41) is 13.5. The van der Waals surface area contributed by atoms with Crippen LogP contribution in [0.2, 0.25) is 0 Å². The summed E-state index contributed by atoms with van der Waals surface area (Å²) in [4.78, 5) is 22.0. The van der Waals surface area contributed by atoms with Crippen LogP contribution in [0.25, 0.3) is 0 Å². The van der Waals surface area contributed by atoms with Crippen molar-refractivity contribution in [1.82, 2.24) is 10.6 Å². The summed E-state index contributed by atoms with van der Waals surface area (Å²) in [5.74, 6) is -3.83. The van der Waals surface area contributed by atoms with Crippen molar-refractivity contribution < 1.29 is 23.5 Å². The minimum absolute atomic E-state index is 0.118. The van der Waals surface area contributed by atoms with Gasteiger partial charge in [-0.15, -0.1) is 0 Å². The van der Waals surface area contributed by atoms with E-state index in [9.17, 15) is 18.4 Å². The van der Waals surface area contributed by atoms with E-state index in [1.54, 1.807) is 12.1 Å². The first-order chi connectivity index (χ1) is 9.28. The number of aromatic carboxylic acids is 1. The standard InChI is InChI=1S/C13H16F2N2O3/c1-13(14,15)6-7-16-12(20)17-8-9-2-4-10(5-3-9)11(18)19/h2-5H,6-8H2,1H3,(H,18,19)(H2,16,17,20). The summed E-state index contributed by atoms with van der Waals surface area (Å²) in [6.45, 7) is 0.859. The molecule has 3 N–H and O–H groups in total. The minimum Gasteiger partial charge on any atom is -0.478 e. The fourth-order valence-corrected chi connectivity index (χ4v) is 1.41. The number of carbonyl (C=O) groups excluding carboxylic acids is 1. The Morgan fingerprint density at radius 1 is 1.20 bits per heavy atom. The number of amides is 2. The summed E-state index contributed by atoms with van der Waals surface area (Å²) < 4.78 is 25.0. The summed E-state index contributed by atoms with van der Waals surface area (Å²) in [5.41, 5.74) is 0.870. The smallest absolute Gasteiger partial charge is 0.335 e. The van der Waals surface area contributed by atoms with E-state index >= 15 is 0 Å². The molecule has 0 saturated heterocycles. The lowest BCUT2D eigenvalue weighted by Crippen LogP contribution is -2.37. The molecule has 0 aromatic heterocycles. The van der Waals surface area contributed by atoms with Crippen molar-refractivity contribution in [1.29, 1.82) is 0 Å². The van der Waals surface area contributed by atoms with E-state index in [-0.39, 0.29) is 18.7 Å². The molecule has 5 nitrogen and oxygen atoms in total. The van der Waals surface area contributed by atoms with Crippen LogP contribution < -0.4 is 10.6 Å². The maximum Gasteiger partial charge on any atom is 0.335 e. The Hall–Kier alpha value is -2.18. The van der Waals surface area contributed by atoms with Gasteiger partial charge in [0, 0.05) is 19.5 Å². The Balaban J connectivity index is 2.32. The molecule has 0 saturated carbocycles. The highest BCUT2D eigenvalue weighted by Gasteiger charge is 2.20. The number of carboxylic acids is 1. The Bertz CT molecular complexity index is 469. The number of carbonyl (C=O) groups is 2. The van der Waals surface area contributed by atoms with Crippen molar-refractivity contribution in [3.63, 3.8) is 0 Å². The maximum atomic E-state index is 12.5. The minimum atomic E-state index is -2.81. The zero-order chi connectivity index (χ0) is 15.2. The molecule has 110 valence electrons. The second-order valence-corrected chi connectivity index (χ2v) is 4.43. The zero-order valence-electron chi connectivity index (χ0n) is 11.0. The second-order valence-electron chi connectivity index (χ2n) is 4.43. The highest BCUT2D eigenvalue weighted by Crippen LogP contribution is 2.14. The molecule has 0 bridgehead atoms. The van der Waals surface area contributed by atoms with Crippen molar-refractivity contribution >= 4 is 12.0 Å². The highest BCUT2D eigenvalue weighted by molar-refractivity contribution is 5.87. The molecule has 0 fully saturated rings. The van der Waals surface area contributed by atoms with Gasteiger partial charge in [-0.3, -0.25) is 0 Å². The molecular weight excluding hydrogens is 270 g/mol. The number of halogens is 2. The summed E-state index contributed by atoms with van der Waals surface area (Å²) in [6.07, 6.45) is -0.423. The molecule has 7 heteroatoms. The molecule has 0 spiro atoms. The third-order valence-corrected chi connectivity index (χ3v) is 2.50. The number of urea groups is 1. The molecule has 0 heterocycles. The van der Waals surface area contributed by atoms with Gasteiger partial charge in [-0.1, -0.05) is 12.1 Å². The lowest BCUT2D eigenvalue weighted by atomic mass is 10.1. The quantitative estimate of drug-likeness (QED) is 0.750. The average molecular weight is 286 g/mol. The van der Waals surface area contributed by atoms with Crippen LogP contribution in [0.3, 0.4) is 0 Å². The van der Waals surface area contributed by atoms with Gasteiger partial charge < -0.3 is 15.7 Å². The van der Waals surface area contributed by atoms with Crippen LogP contribution in [-0.4, -0.2) is 29.6 Å². The van der Waals surface area contributed by atoms with Gasteiger partial charge in [0.05, 0.1) is 5.56 Å². The van der Waals surface area contributed by atoms with E-state index in [0.717, 1.165) is 6.92 Å². The van der Waals surface area contributed by atoms with Crippen molar-refractivity contribution in [2.24, 2.45) is 0 Å². The predicted octanol–water partition coefficient (Wildman–Crippen LogP) is 2.23. The molecule has 0 aliphatic carbocycles. The maximum absolute atomic E-state index is 12.5. The normalized spacial score (nSPS) is 10.9. The van der Waals surface area contributed by atoms with Crippen LogP contribution in [0.15, 0.2) is 24.3 Å². The third kappa shape index (κ3) is 6.12. The number of rotatable bonds is 6. The van der Waals surface area contributed by atoms with Crippen LogP contribution in [0.1, 0.15) is 29.3 Å². The van der Waals surface area contributed by atoms with E-state index in [1.165, 1.54) is 12.1 Å². The van der Waals surface area contributed by atoms with Crippen LogP contribution in [0, 0.1) is 0 Å². The van der Waals surface area contributed by atoms with E-state index < -0.39 is 24.3 Å². The number of alkyl halides is 2. The molecule has 0 aliphatic heterocycles. The van der Waals surface area contributed by atoms with E-state index in [0.29, 0.717) is 5.56 Å². The van der Waals surface area contributed by atoms with Gasteiger partial charge >= 0.3 is 12.0 Å². The molecule has 2 amide bonds.